The van der Waals surface area contributed by atoms with Gasteiger partial charge in [0.15, 0.2) is 0 Å². The highest BCUT2D eigenvalue weighted by Crippen LogP contribution is 2.31. The standard InChI is InChI=1S/C12H10N2O2/c15-12(16)8-3-4-10-7(5-8)1-2-9-6-13-14-11(9)10/h3-6H,1-2H2,(H,13,14)(H,15,16). The molecule has 0 fully saturated rings. The Balaban J connectivity index is 2.17. The Kier molecular flexibility index (Phi) is 1.83. The number of H-pyrrole nitrogens is 1. The molecule has 1 aliphatic rings. The quantitative estimate of drug-likeness (QED) is 0.761. The molecule has 4 nitrogen and oxygen atoms in total. The van der Waals surface area contributed by atoms with Gasteiger partial charge < -0.3 is 5.11 Å². The number of aryl methyl sites for hydroxylation is 2. The summed E-state index contributed by atoms with van der Waals surface area (Å²) in [6, 6.07) is 5.22. The number of hydrogen-bond donors (Lipinski definition) is 2. The second-order valence-corrected chi connectivity index (χ2v) is 3.94. The molecule has 0 saturated heterocycles. The number of nitrogens with zero attached hydrogens (tertiary/aromatic N) is 1. The molecule has 80 valence electrons. The van der Waals surface area contributed by atoms with Crippen LogP contribution in [0.4, 0.5) is 0 Å². The maximum absolute atomic E-state index is 10.9. The highest BCUT2D eigenvalue weighted by Gasteiger charge is 2.19. The molecule has 0 aliphatic heterocycles. The van der Waals surface area contributed by atoms with E-state index in [0.717, 1.165) is 29.7 Å². The number of carboxylic acids is 1. The number of carbonyl (C=O) groups is 1. The van der Waals surface area contributed by atoms with E-state index in [1.165, 1.54) is 5.56 Å². The van der Waals surface area contributed by atoms with E-state index in [2.05, 4.69) is 10.2 Å². The van der Waals surface area contributed by atoms with Crippen molar-refractivity contribution >= 4 is 5.97 Å². The lowest BCUT2D eigenvalue weighted by Gasteiger charge is -2.15. The van der Waals surface area contributed by atoms with Crippen LogP contribution in [0.1, 0.15) is 21.5 Å². The summed E-state index contributed by atoms with van der Waals surface area (Å²) < 4.78 is 0. The fraction of sp³-hybridized carbons (Fsp3) is 0.167. The van der Waals surface area contributed by atoms with E-state index in [-0.39, 0.29) is 0 Å². The number of aromatic amines is 1. The Morgan fingerprint density at radius 3 is 2.94 bits per heavy atom. The van der Waals surface area contributed by atoms with Gasteiger partial charge in [-0.25, -0.2) is 4.79 Å². The maximum Gasteiger partial charge on any atom is 0.335 e. The van der Waals surface area contributed by atoms with E-state index in [1.54, 1.807) is 12.1 Å². The molecule has 0 atom stereocenters. The molecule has 1 aromatic heterocycles. The molecule has 3 rings (SSSR count). The minimum absolute atomic E-state index is 0.345. The van der Waals surface area contributed by atoms with Crippen LogP contribution in [0.25, 0.3) is 11.3 Å². The van der Waals surface area contributed by atoms with Crippen molar-refractivity contribution < 1.29 is 9.90 Å². The Morgan fingerprint density at radius 2 is 2.12 bits per heavy atom. The van der Waals surface area contributed by atoms with Crippen LogP contribution in [0.15, 0.2) is 24.4 Å². The van der Waals surface area contributed by atoms with Crippen molar-refractivity contribution in [3.63, 3.8) is 0 Å². The first kappa shape index (κ1) is 9.15. The number of nitrogens with one attached hydrogen (secondary N) is 1. The highest BCUT2D eigenvalue weighted by molar-refractivity contribution is 5.89. The third-order valence-electron chi connectivity index (χ3n) is 2.99. The highest BCUT2D eigenvalue weighted by atomic mass is 16.4. The van der Waals surface area contributed by atoms with E-state index >= 15 is 0 Å². The topological polar surface area (TPSA) is 66.0 Å². The molecule has 1 aliphatic carbocycles. The van der Waals surface area contributed by atoms with Gasteiger partial charge in [-0.2, -0.15) is 5.10 Å². The molecule has 0 radical (unpaired) electrons. The third-order valence-corrected chi connectivity index (χ3v) is 2.99. The summed E-state index contributed by atoms with van der Waals surface area (Å²) in [6.07, 6.45) is 3.70. The average molecular weight is 214 g/mol. The summed E-state index contributed by atoms with van der Waals surface area (Å²) in [7, 11) is 0. The average Bonchev–Trinajstić information content (AvgIpc) is 2.76. The number of benzene rings is 1. The molecule has 0 unspecified atom stereocenters. The van der Waals surface area contributed by atoms with Crippen molar-refractivity contribution in [3.05, 3.63) is 41.1 Å². The zero-order valence-corrected chi connectivity index (χ0v) is 8.53. The normalized spacial score (nSPS) is 13.0. The van der Waals surface area contributed by atoms with Gasteiger partial charge in [0.25, 0.3) is 0 Å². The van der Waals surface area contributed by atoms with Gasteiger partial charge in [-0.05, 0) is 36.1 Å². The van der Waals surface area contributed by atoms with Gasteiger partial charge in [0.2, 0.25) is 0 Å². The van der Waals surface area contributed by atoms with Crippen LogP contribution in [0.2, 0.25) is 0 Å². The van der Waals surface area contributed by atoms with Gasteiger partial charge in [-0.3, -0.25) is 5.10 Å². The van der Waals surface area contributed by atoms with Gasteiger partial charge in [-0.15, -0.1) is 0 Å². The second-order valence-electron chi connectivity index (χ2n) is 3.94. The fourth-order valence-corrected chi connectivity index (χ4v) is 2.17. The lowest BCUT2D eigenvalue weighted by Crippen LogP contribution is -2.05. The van der Waals surface area contributed by atoms with Gasteiger partial charge in [0.1, 0.15) is 0 Å². The van der Waals surface area contributed by atoms with Gasteiger partial charge in [0, 0.05) is 11.8 Å². The Morgan fingerprint density at radius 1 is 1.31 bits per heavy atom. The van der Waals surface area contributed by atoms with Crippen LogP contribution >= 0.6 is 0 Å². The largest absolute Gasteiger partial charge is 0.478 e. The van der Waals surface area contributed by atoms with Crippen LogP contribution < -0.4 is 0 Å². The van der Waals surface area contributed by atoms with Crippen molar-refractivity contribution in [2.75, 3.05) is 0 Å². The monoisotopic (exact) mass is 214 g/mol. The van der Waals surface area contributed by atoms with Crippen LogP contribution in [0.3, 0.4) is 0 Å². The first-order chi connectivity index (χ1) is 7.75. The van der Waals surface area contributed by atoms with Crippen molar-refractivity contribution in [2.45, 2.75) is 12.8 Å². The smallest absolute Gasteiger partial charge is 0.335 e. The number of aromatic carboxylic acids is 1. The van der Waals surface area contributed by atoms with E-state index < -0.39 is 5.97 Å². The molecule has 0 spiro atoms. The number of carboxylic acid groups (broad SMARTS) is 1. The number of fused-ring (bicyclic) bond motifs is 3. The predicted octanol–water partition coefficient (Wildman–Crippen LogP) is 1.87. The van der Waals surface area contributed by atoms with Crippen molar-refractivity contribution in [2.24, 2.45) is 0 Å². The Labute approximate surface area is 91.9 Å². The molecule has 0 amide bonds. The summed E-state index contributed by atoms with van der Waals surface area (Å²) in [4.78, 5) is 10.9. The minimum Gasteiger partial charge on any atom is -0.478 e. The molecular weight excluding hydrogens is 204 g/mol. The summed E-state index contributed by atoms with van der Waals surface area (Å²) in [5.41, 5.74) is 4.62. The number of rotatable bonds is 1. The van der Waals surface area contributed by atoms with E-state index in [0.29, 0.717) is 5.56 Å². The van der Waals surface area contributed by atoms with Gasteiger partial charge in [-0.1, -0.05) is 6.07 Å². The van der Waals surface area contributed by atoms with E-state index in [1.807, 2.05) is 12.3 Å². The molecule has 4 heteroatoms. The first-order valence-electron chi connectivity index (χ1n) is 5.15. The van der Waals surface area contributed by atoms with Crippen LogP contribution in [-0.2, 0) is 12.8 Å². The third kappa shape index (κ3) is 1.23. The van der Waals surface area contributed by atoms with Crippen molar-refractivity contribution in [1.29, 1.82) is 0 Å². The predicted molar refractivity (Wildman–Crippen MR) is 58.4 cm³/mol. The van der Waals surface area contributed by atoms with E-state index in [4.69, 9.17) is 5.11 Å². The molecule has 0 saturated carbocycles. The van der Waals surface area contributed by atoms with E-state index in [9.17, 15) is 4.79 Å². The SMILES string of the molecule is O=C(O)c1ccc2c(c1)CCc1c[nH]nc1-2. The molecule has 16 heavy (non-hydrogen) atoms. The molecule has 1 aromatic carbocycles. The van der Waals surface area contributed by atoms with Gasteiger partial charge >= 0.3 is 5.97 Å². The van der Waals surface area contributed by atoms with Crippen LogP contribution in [0.5, 0.6) is 0 Å². The zero-order chi connectivity index (χ0) is 11.1. The number of aromatic nitrogens is 2. The molecule has 2 N–H and O–H groups in total. The summed E-state index contributed by atoms with van der Waals surface area (Å²) in [5.74, 6) is -0.879. The van der Waals surface area contributed by atoms with Crippen LogP contribution in [0, 0.1) is 0 Å². The molecule has 2 aromatic rings. The first-order valence-corrected chi connectivity index (χ1v) is 5.15. The number of hydrogen-bond acceptors (Lipinski definition) is 2. The summed E-state index contributed by atoms with van der Waals surface area (Å²) in [6.45, 7) is 0. The lowest BCUT2D eigenvalue weighted by molar-refractivity contribution is 0.0697. The maximum atomic E-state index is 10.9. The lowest BCUT2D eigenvalue weighted by atomic mass is 9.89. The molecular formula is C12H10N2O2. The van der Waals surface area contributed by atoms with Crippen molar-refractivity contribution in [1.82, 2.24) is 10.2 Å². The Hall–Kier alpha value is -2.10. The fourth-order valence-electron chi connectivity index (χ4n) is 2.17. The zero-order valence-electron chi connectivity index (χ0n) is 8.53. The summed E-state index contributed by atoms with van der Waals surface area (Å²) >= 11 is 0. The minimum atomic E-state index is -0.879. The van der Waals surface area contributed by atoms with Crippen molar-refractivity contribution in [3.8, 4) is 11.3 Å². The Bertz CT molecular complexity index is 572. The molecule has 0 bridgehead atoms. The molecule has 1 heterocycles. The van der Waals surface area contributed by atoms with Crippen LogP contribution in [-0.4, -0.2) is 21.3 Å². The second kappa shape index (κ2) is 3.20. The summed E-state index contributed by atoms with van der Waals surface area (Å²) in [5, 5.41) is 16.0. The van der Waals surface area contributed by atoms with Gasteiger partial charge in [0.05, 0.1) is 11.3 Å².